The molecule has 23 heavy (non-hydrogen) atoms. The second-order valence-corrected chi connectivity index (χ2v) is 5.43. The Labute approximate surface area is 133 Å². The van der Waals surface area contributed by atoms with Crippen molar-refractivity contribution >= 4 is 17.6 Å². The molecule has 0 unspecified atom stereocenters. The van der Waals surface area contributed by atoms with Gasteiger partial charge in [-0.2, -0.15) is 0 Å². The summed E-state index contributed by atoms with van der Waals surface area (Å²) in [4.78, 5) is 25.3. The third-order valence-corrected chi connectivity index (χ3v) is 4.03. The molecular weight excluding hydrogens is 297 g/mol. The molecule has 118 valence electrons. The van der Waals surface area contributed by atoms with E-state index >= 15 is 0 Å². The molecular formula is C18H16FNO3. The quantitative estimate of drug-likeness (QED) is 0.697. The SMILES string of the molecule is CCOC(=O)[C@]1(Cc2ccc(F)cc2)C(=O)Nc2ccccc21. The lowest BCUT2D eigenvalue weighted by Crippen LogP contribution is -2.45. The number of rotatable bonds is 4. The van der Waals surface area contributed by atoms with E-state index in [9.17, 15) is 14.0 Å². The van der Waals surface area contributed by atoms with Crippen molar-refractivity contribution in [2.24, 2.45) is 0 Å². The van der Waals surface area contributed by atoms with Gasteiger partial charge in [-0.25, -0.2) is 4.39 Å². The first-order chi connectivity index (χ1) is 11.1. The van der Waals surface area contributed by atoms with E-state index in [-0.39, 0.29) is 18.8 Å². The monoisotopic (exact) mass is 313 g/mol. The predicted molar refractivity (Wildman–Crippen MR) is 83.5 cm³/mol. The third kappa shape index (κ3) is 2.48. The second kappa shape index (κ2) is 5.83. The number of carbonyl (C=O) groups excluding carboxylic acids is 2. The molecule has 1 N–H and O–H groups in total. The van der Waals surface area contributed by atoms with Crippen molar-refractivity contribution in [3.05, 3.63) is 65.5 Å². The minimum Gasteiger partial charge on any atom is -0.465 e. The van der Waals surface area contributed by atoms with E-state index < -0.39 is 17.3 Å². The molecule has 4 nitrogen and oxygen atoms in total. The van der Waals surface area contributed by atoms with Crippen molar-refractivity contribution in [3.63, 3.8) is 0 Å². The van der Waals surface area contributed by atoms with Crippen LogP contribution in [-0.4, -0.2) is 18.5 Å². The maximum Gasteiger partial charge on any atom is 0.326 e. The van der Waals surface area contributed by atoms with Crippen molar-refractivity contribution in [1.82, 2.24) is 0 Å². The summed E-state index contributed by atoms with van der Waals surface area (Å²) in [6.07, 6.45) is 0.120. The highest BCUT2D eigenvalue weighted by molar-refractivity contribution is 6.19. The van der Waals surface area contributed by atoms with Crippen LogP contribution in [0.4, 0.5) is 10.1 Å². The van der Waals surface area contributed by atoms with Crippen molar-refractivity contribution < 1.29 is 18.7 Å². The standard InChI is InChI=1S/C18H16FNO3/c1-2-23-17(22)18(11-12-7-9-13(19)10-8-12)14-5-3-4-6-15(14)20-16(18)21/h3-10H,2,11H2,1H3,(H,20,21)/t18-/m0/s1. The minimum absolute atomic E-state index is 0.120. The Morgan fingerprint density at radius 3 is 2.57 bits per heavy atom. The number of benzene rings is 2. The first-order valence-corrected chi connectivity index (χ1v) is 7.40. The molecule has 0 bridgehead atoms. The number of nitrogens with one attached hydrogen (secondary N) is 1. The predicted octanol–water partition coefficient (Wildman–Crippen LogP) is 2.82. The number of fused-ring (bicyclic) bond motifs is 1. The lowest BCUT2D eigenvalue weighted by Gasteiger charge is -2.25. The molecule has 2 aromatic carbocycles. The van der Waals surface area contributed by atoms with Crippen LogP contribution < -0.4 is 5.32 Å². The molecule has 1 aliphatic rings. The lowest BCUT2D eigenvalue weighted by molar-refractivity contribution is -0.153. The van der Waals surface area contributed by atoms with E-state index in [4.69, 9.17) is 4.74 Å². The normalized spacial score (nSPS) is 19.1. The van der Waals surface area contributed by atoms with Gasteiger partial charge in [0.2, 0.25) is 5.91 Å². The van der Waals surface area contributed by atoms with Crippen molar-refractivity contribution in [3.8, 4) is 0 Å². The van der Waals surface area contributed by atoms with Crippen molar-refractivity contribution in [2.45, 2.75) is 18.8 Å². The molecule has 0 saturated carbocycles. The zero-order valence-electron chi connectivity index (χ0n) is 12.6. The van der Waals surface area contributed by atoms with E-state index in [0.29, 0.717) is 16.8 Å². The Bertz CT molecular complexity index is 757. The largest absolute Gasteiger partial charge is 0.465 e. The number of carbonyl (C=O) groups is 2. The topological polar surface area (TPSA) is 55.4 Å². The summed E-state index contributed by atoms with van der Waals surface area (Å²) >= 11 is 0. The number of hydrogen-bond acceptors (Lipinski definition) is 3. The minimum atomic E-state index is -1.44. The van der Waals surface area contributed by atoms with Crippen LogP contribution in [-0.2, 0) is 26.2 Å². The maximum absolute atomic E-state index is 13.1. The molecule has 1 atom stereocenters. The summed E-state index contributed by atoms with van der Waals surface area (Å²) < 4.78 is 18.3. The summed E-state index contributed by atoms with van der Waals surface area (Å²) in [6.45, 7) is 1.88. The van der Waals surface area contributed by atoms with Crippen LogP contribution in [0, 0.1) is 5.82 Å². The van der Waals surface area contributed by atoms with Crippen LogP contribution in [0.25, 0.3) is 0 Å². The molecule has 0 fully saturated rings. The smallest absolute Gasteiger partial charge is 0.326 e. The molecule has 5 heteroatoms. The van der Waals surface area contributed by atoms with E-state index in [1.807, 2.05) is 0 Å². The Hall–Kier alpha value is -2.69. The molecule has 0 spiro atoms. The highest BCUT2D eigenvalue weighted by Crippen LogP contribution is 2.41. The van der Waals surface area contributed by atoms with Crippen LogP contribution in [0.1, 0.15) is 18.1 Å². The van der Waals surface area contributed by atoms with Crippen LogP contribution in [0.3, 0.4) is 0 Å². The zero-order valence-corrected chi connectivity index (χ0v) is 12.6. The Morgan fingerprint density at radius 2 is 1.87 bits per heavy atom. The van der Waals surface area contributed by atoms with Gasteiger partial charge < -0.3 is 10.1 Å². The van der Waals surface area contributed by atoms with Crippen molar-refractivity contribution in [1.29, 1.82) is 0 Å². The number of amides is 1. The fraction of sp³-hybridized carbons (Fsp3) is 0.222. The number of para-hydroxylation sites is 1. The molecule has 0 saturated heterocycles. The summed E-state index contributed by atoms with van der Waals surface area (Å²) in [5.74, 6) is -1.37. The molecule has 1 amide bonds. The van der Waals surface area contributed by atoms with E-state index in [0.717, 1.165) is 0 Å². The fourth-order valence-corrected chi connectivity index (χ4v) is 2.93. The van der Waals surface area contributed by atoms with Gasteiger partial charge in [0.15, 0.2) is 5.41 Å². The van der Waals surface area contributed by atoms with Crippen LogP contribution in [0.15, 0.2) is 48.5 Å². The molecule has 1 heterocycles. The van der Waals surface area contributed by atoms with Gasteiger partial charge in [-0.15, -0.1) is 0 Å². The number of hydrogen-bond donors (Lipinski definition) is 1. The highest BCUT2D eigenvalue weighted by atomic mass is 19.1. The van der Waals surface area contributed by atoms with Crippen LogP contribution in [0.2, 0.25) is 0 Å². The van der Waals surface area contributed by atoms with Crippen LogP contribution in [0.5, 0.6) is 0 Å². The van der Waals surface area contributed by atoms with Crippen LogP contribution >= 0.6 is 0 Å². The van der Waals surface area contributed by atoms with E-state index in [1.165, 1.54) is 12.1 Å². The number of ether oxygens (including phenoxy) is 1. The molecule has 1 aliphatic heterocycles. The molecule has 0 aromatic heterocycles. The average Bonchev–Trinajstić information content (AvgIpc) is 2.83. The highest BCUT2D eigenvalue weighted by Gasteiger charge is 2.54. The molecule has 2 aromatic rings. The van der Waals surface area contributed by atoms with Gasteiger partial charge in [0.1, 0.15) is 5.82 Å². The maximum atomic E-state index is 13.1. The number of halogens is 1. The van der Waals surface area contributed by atoms with Gasteiger partial charge in [0.05, 0.1) is 6.61 Å². The average molecular weight is 313 g/mol. The fourth-order valence-electron chi connectivity index (χ4n) is 2.93. The molecule has 0 radical (unpaired) electrons. The van der Waals surface area contributed by atoms with Gasteiger partial charge in [-0.1, -0.05) is 30.3 Å². The number of esters is 1. The van der Waals surface area contributed by atoms with E-state index in [1.54, 1.807) is 43.3 Å². The van der Waals surface area contributed by atoms with Crippen molar-refractivity contribution in [2.75, 3.05) is 11.9 Å². The summed E-state index contributed by atoms with van der Waals surface area (Å²) in [5.41, 5.74) is 0.441. The van der Waals surface area contributed by atoms with E-state index in [2.05, 4.69) is 5.32 Å². The van der Waals surface area contributed by atoms with Gasteiger partial charge in [0.25, 0.3) is 0 Å². The Kier molecular flexibility index (Phi) is 3.86. The summed E-state index contributed by atoms with van der Waals surface area (Å²) in [6, 6.07) is 12.8. The summed E-state index contributed by atoms with van der Waals surface area (Å²) in [5, 5.41) is 2.75. The molecule has 3 rings (SSSR count). The molecule has 0 aliphatic carbocycles. The Balaban J connectivity index is 2.10. The zero-order chi connectivity index (χ0) is 16.4. The summed E-state index contributed by atoms with van der Waals surface area (Å²) in [7, 11) is 0. The van der Waals surface area contributed by atoms with Gasteiger partial charge in [-0.3, -0.25) is 9.59 Å². The van der Waals surface area contributed by atoms with Gasteiger partial charge in [0, 0.05) is 17.7 Å². The number of anilines is 1. The second-order valence-electron chi connectivity index (χ2n) is 5.43. The van der Waals surface area contributed by atoms with Gasteiger partial charge >= 0.3 is 5.97 Å². The van der Waals surface area contributed by atoms with Gasteiger partial charge in [-0.05, 0) is 30.7 Å². The first-order valence-electron chi connectivity index (χ1n) is 7.40. The lowest BCUT2D eigenvalue weighted by atomic mass is 9.76. The Morgan fingerprint density at radius 1 is 1.17 bits per heavy atom. The third-order valence-electron chi connectivity index (χ3n) is 4.03. The first kappa shape index (κ1) is 15.2.